The van der Waals surface area contributed by atoms with E-state index in [9.17, 15) is 4.79 Å². The van der Waals surface area contributed by atoms with Gasteiger partial charge in [0.1, 0.15) is 0 Å². The van der Waals surface area contributed by atoms with Crippen LogP contribution in [0.4, 0.5) is 0 Å². The number of aryl methyl sites for hydroxylation is 1. The van der Waals surface area contributed by atoms with Crippen LogP contribution in [0.1, 0.15) is 41.6 Å². The summed E-state index contributed by atoms with van der Waals surface area (Å²) in [5.41, 5.74) is 1.89. The normalized spacial score (nSPS) is 15.8. The summed E-state index contributed by atoms with van der Waals surface area (Å²) in [7, 11) is 0. The van der Waals surface area contributed by atoms with Crippen LogP contribution < -0.4 is 5.32 Å². The first-order valence-electron chi connectivity index (χ1n) is 6.72. The van der Waals surface area contributed by atoms with E-state index in [1.165, 1.54) is 25.7 Å². The molecule has 2 nitrogen and oxygen atoms in total. The first-order valence-corrected chi connectivity index (χ1v) is 7.77. The van der Waals surface area contributed by atoms with Crippen LogP contribution in [-0.2, 0) is 0 Å². The van der Waals surface area contributed by atoms with Crippen LogP contribution in [0.2, 0.25) is 0 Å². The number of nitrogens with one attached hydrogen (secondary N) is 1. The van der Waals surface area contributed by atoms with Crippen molar-refractivity contribution < 1.29 is 4.79 Å². The van der Waals surface area contributed by atoms with Gasteiger partial charge in [-0.2, -0.15) is 11.8 Å². The van der Waals surface area contributed by atoms with E-state index in [2.05, 4.69) is 5.32 Å². The van der Waals surface area contributed by atoms with Gasteiger partial charge in [-0.3, -0.25) is 4.79 Å². The van der Waals surface area contributed by atoms with Crippen molar-refractivity contribution in [3.05, 3.63) is 35.4 Å². The fraction of sp³-hybridized carbons (Fsp3) is 0.533. The summed E-state index contributed by atoms with van der Waals surface area (Å²) in [6, 6.07) is 7.73. The summed E-state index contributed by atoms with van der Waals surface area (Å²) in [4.78, 5) is 11.9. The van der Waals surface area contributed by atoms with E-state index in [0.29, 0.717) is 0 Å². The van der Waals surface area contributed by atoms with Crippen LogP contribution in [0.15, 0.2) is 24.3 Å². The van der Waals surface area contributed by atoms with E-state index >= 15 is 0 Å². The molecule has 0 saturated heterocycles. The summed E-state index contributed by atoms with van der Waals surface area (Å²) >= 11 is 2.01. The van der Waals surface area contributed by atoms with Crippen molar-refractivity contribution in [2.45, 2.75) is 37.9 Å². The SMILES string of the molecule is Cc1cccc(C(=O)NCCSC2CCCC2)c1. The molecule has 98 valence electrons. The van der Waals surface area contributed by atoms with Gasteiger partial charge in [-0.1, -0.05) is 30.5 Å². The average Bonchev–Trinajstić information content (AvgIpc) is 2.87. The Bertz CT molecular complexity index is 399. The fourth-order valence-electron chi connectivity index (χ4n) is 2.33. The summed E-state index contributed by atoms with van der Waals surface area (Å²) in [5.74, 6) is 1.08. The molecule has 0 aliphatic heterocycles. The Balaban J connectivity index is 1.68. The third-order valence-corrected chi connectivity index (χ3v) is 4.71. The number of carbonyl (C=O) groups excluding carboxylic acids is 1. The third kappa shape index (κ3) is 4.05. The molecule has 3 heteroatoms. The molecular formula is C15H21NOS. The van der Waals surface area contributed by atoms with Crippen molar-refractivity contribution in [3.8, 4) is 0 Å². The summed E-state index contributed by atoms with van der Waals surface area (Å²) < 4.78 is 0. The Kier molecular flexibility index (Phi) is 5.12. The number of hydrogen-bond acceptors (Lipinski definition) is 2. The van der Waals surface area contributed by atoms with Crippen LogP contribution in [0.5, 0.6) is 0 Å². The molecule has 1 aliphatic rings. The Morgan fingerprint density at radius 3 is 2.89 bits per heavy atom. The van der Waals surface area contributed by atoms with E-state index in [1.807, 2.05) is 43.0 Å². The van der Waals surface area contributed by atoms with E-state index in [0.717, 1.165) is 28.7 Å². The zero-order valence-corrected chi connectivity index (χ0v) is 11.8. The number of carbonyl (C=O) groups is 1. The minimum Gasteiger partial charge on any atom is -0.351 e. The smallest absolute Gasteiger partial charge is 0.251 e. The topological polar surface area (TPSA) is 29.1 Å². The highest BCUT2D eigenvalue weighted by Crippen LogP contribution is 2.28. The molecule has 0 bridgehead atoms. The maximum Gasteiger partial charge on any atom is 0.251 e. The average molecular weight is 263 g/mol. The Morgan fingerprint density at radius 1 is 1.39 bits per heavy atom. The molecule has 0 aromatic heterocycles. The Hall–Kier alpha value is -0.960. The summed E-state index contributed by atoms with van der Waals surface area (Å²) in [5, 5.41) is 3.82. The minimum atomic E-state index is 0.0470. The first kappa shape index (κ1) is 13.5. The molecule has 1 N–H and O–H groups in total. The number of rotatable bonds is 5. The molecule has 0 spiro atoms. The second-order valence-electron chi connectivity index (χ2n) is 4.90. The molecule has 2 rings (SSSR count). The van der Waals surface area contributed by atoms with Crippen LogP contribution in [0.3, 0.4) is 0 Å². The van der Waals surface area contributed by atoms with Crippen molar-refractivity contribution in [1.82, 2.24) is 5.32 Å². The van der Waals surface area contributed by atoms with Gasteiger partial charge in [-0.05, 0) is 31.9 Å². The molecule has 1 fully saturated rings. The lowest BCUT2D eigenvalue weighted by molar-refractivity contribution is 0.0956. The second-order valence-corrected chi connectivity index (χ2v) is 6.31. The highest BCUT2D eigenvalue weighted by Gasteiger charge is 2.14. The zero-order valence-electron chi connectivity index (χ0n) is 10.9. The maximum atomic E-state index is 11.9. The first-order chi connectivity index (χ1) is 8.75. The van der Waals surface area contributed by atoms with Gasteiger partial charge in [0.25, 0.3) is 5.91 Å². The Labute approximate surface area is 114 Å². The predicted octanol–water partition coefficient (Wildman–Crippen LogP) is 3.40. The van der Waals surface area contributed by atoms with Gasteiger partial charge in [0.15, 0.2) is 0 Å². The number of thioether (sulfide) groups is 1. The van der Waals surface area contributed by atoms with Gasteiger partial charge in [0.05, 0.1) is 0 Å². The lowest BCUT2D eigenvalue weighted by Gasteiger charge is -2.09. The molecule has 18 heavy (non-hydrogen) atoms. The highest BCUT2D eigenvalue weighted by molar-refractivity contribution is 7.99. The zero-order chi connectivity index (χ0) is 12.8. The molecule has 1 aromatic rings. The van der Waals surface area contributed by atoms with Gasteiger partial charge in [-0.25, -0.2) is 0 Å². The van der Waals surface area contributed by atoms with Crippen molar-refractivity contribution in [2.75, 3.05) is 12.3 Å². The summed E-state index contributed by atoms with van der Waals surface area (Å²) in [6.45, 7) is 2.78. The van der Waals surface area contributed by atoms with Crippen LogP contribution in [0, 0.1) is 6.92 Å². The largest absolute Gasteiger partial charge is 0.351 e. The fourth-order valence-corrected chi connectivity index (χ4v) is 3.55. The van der Waals surface area contributed by atoms with Crippen molar-refractivity contribution in [3.63, 3.8) is 0 Å². The van der Waals surface area contributed by atoms with Gasteiger partial charge in [0, 0.05) is 23.1 Å². The molecule has 1 saturated carbocycles. The molecular weight excluding hydrogens is 242 g/mol. The van der Waals surface area contributed by atoms with E-state index in [1.54, 1.807) is 0 Å². The predicted molar refractivity (Wildman–Crippen MR) is 78.2 cm³/mol. The lowest BCUT2D eigenvalue weighted by atomic mass is 10.1. The van der Waals surface area contributed by atoms with Crippen LogP contribution in [-0.4, -0.2) is 23.5 Å². The maximum absolute atomic E-state index is 11.9. The molecule has 1 aromatic carbocycles. The van der Waals surface area contributed by atoms with Gasteiger partial charge in [0.2, 0.25) is 0 Å². The van der Waals surface area contributed by atoms with Gasteiger partial charge in [-0.15, -0.1) is 0 Å². The van der Waals surface area contributed by atoms with Crippen molar-refractivity contribution in [1.29, 1.82) is 0 Å². The highest BCUT2D eigenvalue weighted by atomic mass is 32.2. The second kappa shape index (κ2) is 6.83. The van der Waals surface area contributed by atoms with Gasteiger partial charge < -0.3 is 5.32 Å². The van der Waals surface area contributed by atoms with Crippen LogP contribution >= 0.6 is 11.8 Å². The van der Waals surface area contributed by atoms with E-state index in [4.69, 9.17) is 0 Å². The number of amides is 1. The van der Waals surface area contributed by atoms with Crippen molar-refractivity contribution >= 4 is 17.7 Å². The molecule has 0 unspecified atom stereocenters. The standard InChI is InChI=1S/C15H21NOS/c1-12-5-4-6-13(11-12)15(17)16-9-10-18-14-7-2-3-8-14/h4-6,11,14H,2-3,7-10H2,1H3,(H,16,17). The summed E-state index contributed by atoms with van der Waals surface area (Å²) in [6.07, 6.45) is 5.48. The lowest BCUT2D eigenvalue weighted by Crippen LogP contribution is -2.26. The van der Waals surface area contributed by atoms with Crippen molar-refractivity contribution in [2.24, 2.45) is 0 Å². The third-order valence-electron chi connectivity index (χ3n) is 3.32. The quantitative estimate of drug-likeness (QED) is 0.825. The van der Waals surface area contributed by atoms with Crippen LogP contribution in [0.25, 0.3) is 0 Å². The molecule has 1 amide bonds. The monoisotopic (exact) mass is 263 g/mol. The number of hydrogen-bond donors (Lipinski definition) is 1. The van der Waals surface area contributed by atoms with Gasteiger partial charge >= 0.3 is 0 Å². The molecule has 0 radical (unpaired) electrons. The van der Waals surface area contributed by atoms with E-state index in [-0.39, 0.29) is 5.91 Å². The molecule has 0 atom stereocenters. The van der Waals surface area contributed by atoms with E-state index < -0.39 is 0 Å². The number of benzene rings is 1. The Morgan fingerprint density at radius 2 is 2.17 bits per heavy atom. The molecule has 1 aliphatic carbocycles. The minimum absolute atomic E-state index is 0.0470. The molecule has 0 heterocycles.